The normalized spacial score (nSPS) is 6.67. The molecule has 0 rings (SSSR count). The van der Waals surface area contributed by atoms with E-state index in [2.05, 4.69) is 25.5 Å². The van der Waals surface area contributed by atoms with Crippen LogP contribution in [-0.4, -0.2) is 49.5 Å². The summed E-state index contributed by atoms with van der Waals surface area (Å²) in [6.07, 6.45) is 0. The van der Waals surface area contributed by atoms with Gasteiger partial charge in [-0.1, -0.05) is 19.7 Å². The molecule has 0 atom stereocenters. The van der Waals surface area contributed by atoms with E-state index >= 15 is 0 Å². The molecule has 122 valence electrons. The Bertz CT molecular complexity index is 284. The van der Waals surface area contributed by atoms with Crippen molar-refractivity contribution in [2.75, 3.05) is 0 Å². The molecule has 0 heterocycles. The van der Waals surface area contributed by atoms with Crippen LogP contribution in [0.3, 0.4) is 0 Å². The highest BCUT2D eigenvalue weighted by atomic mass is 35.5. The van der Waals surface area contributed by atoms with Crippen LogP contribution in [0.4, 0.5) is 0 Å². The molecule has 3 N–H and O–H groups in total. The zero-order chi connectivity index (χ0) is 17.5. The van der Waals surface area contributed by atoms with E-state index in [4.69, 9.17) is 15.3 Å². The summed E-state index contributed by atoms with van der Waals surface area (Å²) in [6, 6.07) is 0. The van der Waals surface area contributed by atoms with Crippen molar-refractivity contribution in [3.63, 3.8) is 0 Å². The fraction of sp³-hybridized carbons (Fsp3) is 0.308. The van der Waals surface area contributed by atoms with E-state index in [0.717, 1.165) is 0 Å². The third-order valence-corrected chi connectivity index (χ3v) is 1.10. The summed E-state index contributed by atoms with van der Waals surface area (Å²) in [5, 5.41) is 23.7. The minimum atomic E-state index is -0.935. The van der Waals surface area contributed by atoms with Gasteiger partial charge < -0.3 is 15.3 Å². The fourth-order valence-corrected chi connectivity index (χ4v) is 0. The Labute approximate surface area is 139 Å². The largest absolute Gasteiger partial charge is 0.478 e. The van der Waals surface area contributed by atoms with Crippen molar-refractivity contribution < 1.29 is 29.7 Å². The van der Waals surface area contributed by atoms with E-state index in [1.54, 1.807) is 0 Å². The maximum Gasteiger partial charge on any atom is 0.330 e. The predicted octanol–water partition coefficient (Wildman–Crippen LogP) is 2.03. The standard InChI is InChI=1S/3C4H6O2.CH3.Al.ClH.2H/c3*1-3(2)4(5)6;;;;;/h3*1H2,2H3,(H,5,6);1H3;;1H;;. The Morgan fingerprint density at radius 1 is 0.667 bits per heavy atom. The van der Waals surface area contributed by atoms with Crippen LogP contribution in [-0.2, 0) is 14.4 Å². The molecule has 0 aliphatic rings. The van der Waals surface area contributed by atoms with Gasteiger partial charge in [-0.05, 0) is 20.8 Å². The van der Waals surface area contributed by atoms with Gasteiger partial charge in [0.1, 0.15) is 0 Å². The SMILES string of the molecule is C=C(C)C(=O)O.C=C(C)C(=O)O.C=C(C)C(=O)O.Cl.[CH3][AlH2]. The quantitative estimate of drug-likeness (QED) is 0.536. The molecule has 0 fully saturated rings. The maximum absolute atomic E-state index is 9.60. The van der Waals surface area contributed by atoms with Crippen LogP contribution in [0, 0.1) is 0 Å². The zero-order valence-electron chi connectivity index (χ0n) is 13.1. The Morgan fingerprint density at radius 3 is 0.714 bits per heavy atom. The molecule has 21 heavy (non-hydrogen) atoms. The van der Waals surface area contributed by atoms with Gasteiger partial charge in [-0.25, -0.2) is 14.4 Å². The van der Waals surface area contributed by atoms with Crippen molar-refractivity contribution in [2.24, 2.45) is 0 Å². The number of rotatable bonds is 3. The Kier molecular flexibility index (Phi) is 31.4. The first kappa shape index (κ1) is 31.7. The molecule has 0 saturated carbocycles. The first-order valence-electron chi connectivity index (χ1n) is 5.59. The molecule has 0 aromatic carbocycles. The van der Waals surface area contributed by atoms with Crippen molar-refractivity contribution in [2.45, 2.75) is 26.6 Å². The van der Waals surface area contributed by atoms with Gasteiger partial charge >= 0.3 is 17.9 Å². The van der Waals surface area contributed by atoms with Crippen LogP contribution in [0.2, 0.25) is 5.79 Å². The van der Waals surface area contributed by atoms with Crippen molar-refractivity contribution in [1.29, 1.82) is 0 Å². The first-order chi connectivity index (χ1) is 8.93. The molecule has 0 amide bonds. The van der Waals surface area contributed by atoms with E-state index in [9.17, 15) is 14.4 Å². The Hall–Kier alpha value is -1.55. The summed E-state index contributed by atoms with van der Waals surface area (Å²) in [6.45, 7) is 13.8. The van der Waals surface area contributed by atoms with Gasteiger partial charge in [-0.15, -0.1) is 18.2 Å². The summed E-state index contributed by atoms with van der Waals surface area (Å²) in [5.41, 5.74) is 0.528. The number of carboxylic acid groups (broad SMARTS) is 3. The topological polar surface area (TPSA) is 112 Å². The minimum absolute atomic E-state index is 0. The van der Waals surface area contributed by atoms with Gasteiger partial charge in [-0.3, -0.25) is 0 Å². The molecular weight excluding hydrogens is 315 g/mol. The van der Waals surface area contributed by atoms with Crippen molar-refractivity contribution in [3.8, 4) is 0 Å². The van der Waals surface area contributed by atoms with Crippen LogP contribution >= 0.6 is 12.4 Å². The number of halogens is 1. The second kappa shape index (κ2) is 20.8. The molecule has 0 unspecified atom stereocenters. The van der Waals surface area contributed by atoms with Crippen LogP contribution in [0.25, 0.3) is 0 Å². The molecule has 8 heteroatoms. The first-order valence-corrected chi connectivity index (χ1v) is 7.59. The fourth-order valence-electron chi connectivity index (χ4n) is 0. The third kappa shape index (κ3) is 45.7. The second-order valence-corrected chi connectivity index (χ2v) is 3.26. The average molecular weight is 339 g/mol. The average Bonchev–Trinajstić information content (AvgIpc) is 2.32. The molecule has 0 aliphatic heterocycles. The molecular formula is C13H24AlClO6. The van der Waals surface area contributed by atoms with E-state index in [0.29, 0.717) is 0 Å². The summed E-state index contributed by atoms with van der Waals surface area (Å²) < 4.78 is 0. The van der Waals surface area contributed by atoms with Gasteiger partial charge in [0.25, 0.3) is 0 Å². The Morgan fingerprint density at radius 2 is 0.714 bits per heavy atom. The number of hydrogen-bond donors (Lipinski definition) is 3. The highest BCUT2D eigenvalue weighted by Gasteiger charge is 1.91. The van der Waals surface area contributed by atoms with Crippen LogP contribution in [0.5, 0.6) is 0 Å². The summed E-state index contributed by atoms with van der Waals surface area (Å²) >= 11 is 1.31. The van der Waals surface area contributed by atoms with Gasteiger partial charge in [-0.2, -0.15) is 0 Å². The van der Waals surface area contributed by atoms with Crippen molar-refractivity contribution in [1.82, 2.24) is 0 Å². The molecule has 0 saturated heterocycles. The van der Waals surface area contributed by atoms with Crippen LogP contribution < -0.4 is 0 Å². The molecule has 6 nitrogen and oxygen atoms in total. The molecule has 0 bridgehead atoms. The molecule has 0 aliphatic carbocycles. The number of carboxylic acids is 3. The molecule has 0 aromatic heterocycles. The van der Waals surface area contributed by atoms with Gasteiger partial charge in [0.15, 0.2) is 0 Å². The van der Waals surface area contributed by atoms with E-state index < -0.39 is 17.9 Å². The van der Waals surface area contributed by atoms with Gasteiger partial charge in [0.05, 0.1) is 0 Å². The number of aliphatic carboxylic acids is 3. The lowest BCUT2D eigenvalue weighted by atomic mass is 10.4. The summed E-state index contributed by atoms with van der Waals surface area (Å²) in [5.74, 6) is -0.667. The van der Waals surface area contributed by atoms with Crippen LogP contribution in [0.15, 0.2) is 36.5 Å². The predicted molar refractivity (Wildman–Crippen MR) is 89.0 cm³/mol. The maximum atomic E-state index is 9.60. The molecule has 0 aromatic rings. The van der Waals surface area contributed by atoms with Crippen molar-refractivity contribution >= 4 is 46.6 Å². The monoisotopic (exact) mass is 338 g/mol. The zero-order valence-corrected chi connectivity index (χ0v) is 15.9. The molecule has 0 radical (unpaired) electrons. The Balaban J connectivity index is -0.0000000561. The van der Waals surface area contributed by atoms with E-state index in [1.807, 2.05) is 0 Å². The minimum Gasteiger partial charge on any atom is -0.478 e. The van der Waals surface area contributed by atoms with Crippen molar-refractivity contribution in [3.05, 3.63) is 36.5 Å². The lowest BCUT2D eigenvalue weighted by Crippen LogP contribution is -1.92. The number of hydrogen-bond acceptors (Lipinski definition) is 3. The third-order valence-electron chi connectivity index (χ3n) is 1.10. The lowest BCUT2D eigenvalue weighted by Gasteiger charge is -1.79. The number of carbonyl (C=O) groups is 3. The van der Waals surface area contributed by atoms with E-state index in [-0.39, 0.29) is 29.1 Å². The van der Waals surface area contributed by atoms with Gasteiger partial charge in [0.2, 0.25) is 16.3 Å². The van der Waals surface area contributed by atoms with E-state index in [1.165, 1.54) is 37.1 Å². The lowest BCUT2D eigenvalue weighted by molar-refractivity contribution is -0.133. The van der Waals surface area contributed by atoms with Gasteiger partial charge in [0, 0.05) is 16.7 Å². The second-order valence-electron chi connectivity index (χ2n) is 3.26. The highest BCUT2D eigenvalue weighted by molar-refractivity contribution is 6.05. The van der Waals surface area contributed by atoms with Crippen LogP contribution in [0.1, 0.15) is 20.8 Å². The summed E-state index contributed by atoms with van der Waals surface area (Å²) in [4.78, 5) is 28.8. The molecule has 0 spiro atoms. The summed E-state index contributed by atoms with van der Waals surface area (Å²) in [7, 11) is 0. The smallest absolute Gasteiger partial charge is 0.330 e. The highest BCUT2D eigenvalue weighted by Crippen LogP contribution is 1.82.